The third kappa shape index (κ3) is 4.69. The van der Waals surface area contributed by atoms with Crippen LogP contribution in [0.3, 0.4) is 0 Å². The number of H-pyrrole nitrogens is 1. The fraction of sp³-hybridized carbons (Fsp3) is 0.478. The van der Waals surface area contributed by atoms with Crippen LogP contribution >= 0.6 is 23.2 Å². The van der Waals surface area contributed by atoms with Crippen molar-refractivity contribution in [3.05, 3.63) is 45.4 Å². The number of benzene rings is 1. The number of aromatic amines is 1. The Morgan fingerprint density at radius 1 is 1.09 bits per heavy atom. The van der Waals surface area contributed by atoms with Crippen molar-refractivity contribution in [2.24, 2.45) is 0 Å². The van der Waals surface area contributed by atoms with E-state index in [1.807, 2.05) is 6.07 Å². The highest BCUT2D eigenvalue weighted by atomic mass is 35.5. The molecule has 0 aliphatic carbocycles. The summed E-state index contributed by atoms with van der Waals surface area (Å²) >= 11 is 12.5. The van der Waals surface area contributed by atoms with Crippen LogP contribution in [-0.2, 0) is 6.54 Å². The molecule has 11 heteroatoms. The van der Waals surface area contributed by atoms with Gasteiger partial charge in [0.05, 0.1) is 10.7 Å². The summed E-state index contributed by atoms with van der Waals surface area (Å²) < 4.78 is 14.0. The first-order valence-electron chi connectivity index (χ1n) is 11.7. The molecule has 1 aromatic carbocycles. The second-order valence-electron chi connectivity index (χ2n) is 8.81. The predicted molar refractivity (Wildman–Crippen MR) is 132 cm³/mol. The summed E-state index contributed by atoms with van der Waals surface area (Å²) in [6.45, 7) is 7.24. The van der Waals surface area contributed by atoms with E-state index in [0.29, 0.717) is 53.5 Å². The molecule has 5 rings (SSSR count). The average molecular weight is 505 g/mol. The summed E-state index contributed by atoms with van der Waals surface area (Å²) in [4.78, 5) is 7.94. The van der Waals surface area contributed by atoms with Gasteiger partial charge in [-0.3, -0.25) is 0 Å². The molecule has 0 amide bonds. The first kappa shape index (κ1) is 23.3. The average Bonchev–Trinajstić information content (AvgIpc) is 3.35. The summed E-state index contributed by atoms with van der Waals surface area (Å²) in [7, 11) is 0. The molecule has 1 fully saturated rings. The normalized spacial score (nSPS) is 17.0. The van der Waals surface area contributed by atoms with E-state index >= 15 is 0 Å². The number of likely N-dealkylation sites (tertiary alicyclic amines) is 1. The van der Waals surface area contributed by atoms with Gasteiger partial charge in [0, 0.05) is 36.1 Å². The molecule has 0 unspecified atom stereocenters. The molecule has 0 saturated carbocycles. The lowest BCUT2D eigenvalue weighted by atomic mass is 9.96. The van der Waals surface area contributed by atoms with Gasteiger partial charge in [0.1, 0.15) is 17.3 Å². The van der Waals surface area contributed by atoms with Crippen molar-refractivity contribution in [3.8, 4) is 11.5 Å². The number of hydrogen-bond acceptors (Lipinski definition) is 7. The zero-order chi connectivity index (χ0) is 23.7. The zero-order valence-electron chi connectivity index (χ0n) is 19.0. The van der Waals surface area contributed by atoms with E-state index in [1.54, 1.807) is 0 Å². The summed E-state index contributed by atoms with van der Waals surface area (Å²) in [5, 5.41) is 21.2. The van der Waals surface area contributed by atoms with Gasteiger partial charge < -0.3 is 20.1 Å². The van der Waals surface area contributed by atoms with Crippen LogP contribution in [-0.4, -0.2) is 63.0 Å². The van der Waals surface area contributed by atoms with Crippen LogP contribution in [0.15, 0.2) is 18.2 Å². The number of fused-ring (bicyclic) bond motifs is 1. The van der Waals surface area contributed by atoms with Crippen molar-refractivity contribution < 1.29 is 4.39 Å². The highest BCUT2D eigenvalue weighted by Gasteiger charge is 2.25. The van der Waals surface area contributed by atoms with Crippen LogP contribution in [0.5, 0.6) is 0 Å². The summed E-state index contributed by atoms with van der Waals surface area (Å²) in [6, 6.07) is 4.72. The lowest BCUT2D eigenvalue weighted by Gasteiger charge is -2.31. The van der Waals surface area contributed by atoms with Crippen LogP contribution in [0.4, 0.5) is 15.9 Å². The van der Waals surface area contributed by atoms with Crippen LogP contribution in [0.2, 0.25) is 10.0 Å². The Morgan fingerprint density at radius 2 is 1.91 bits per heavy atom. The summed E-state index contributed by atoms with van der Waals surface area (Å²) in [6.07, 6.45) is 3.31. The Hall–Kier alpha value is -2.49. The minimum atomic E-state index is -0.486. The maximum absolute atomic E-state index is 14.0. The topological polar surface area (TPSA) is 85.9 Å². The summed E-state index contributed by atoms with van der Waals surface area (Å²) in [5.74, 6) is 2.03. The molecule has 2 aliphatic rings. The quantitative estimate of drug-likeness (QED) is 0.469. The summed E-state index contributed by atoms with van der Waals surface area (Å²) in [5.41, 5.74) is 1.98. The first-order valence-corrected chi connectivity index (χ1v) is 12.4. The molecule has 8 nitrogen and oxygen atoms in total. The fourth-order valence-electron chi connectivity index (χ4n) is 4.68. The molecule has 0 radical (unpaired) electrons. The van der Waals surface area contributed by atoms with Gasteiger partial charge in [-0.2, -0.15) is 0 Å². The fourth-order valence-corrected chi connectivity index (χ4v) is 5.17. The van der Waals surface area contributed by atoms with E-state index in [-0.39, 0.29) is 5.02 Å². The van der Waals surface area contributed by atoms with E-state index in [0.717, 1.165) is 44.0 Å². The first-order chi connectivity index (χ1) is 16.5. The standard InChI is InChI=1S/C23H27Cl2FN8/c1-2-8-33-9-5-14(6-10-33)21-28-22(31-30-21)18-12-19-23(32-29-18)27-7-11-34(19)13-15-16(24)3-4-17(26)20(15)25/h3-4,12,14H,2,5-11,13H2,1H3,(H,27,32)(H,28,30,31). The van der Waals surface area contributed by atoms with E-state index in [2.05, 4.69) is 47.4 Å². The molecule has 180 valence electrons. The maximum atomic E-state index is 14.0. The molecule has 3 aromatic rings. The van der Waals surface area contributed by atoms with Gasteiger partial charge in [-0.15, -0.1) is 20.4 Å². The van der Waals surface area contributed by atoms with Crippen molar-refractivity contribution in [3.63, 3.8) is 0 Å². The van der Waals surface area contributed by atoms with Crippen LogP contribution < -0.4 is 10.2 Å². The number of aromatic nitrogens is 5. The number of hydrogen-bond donors (Lipinski definition) is 2. The Labute approximate surface area is 207 Å². The molecule has 2 aliphatic heterocycles. The van der Waals surface area contributed by atoms with Gasteiger partial charge in [-0.05, 0) is 57.1 Å². The van der Waals surface area contributed by atoms with Gasteiger partial charge >= 0.3 is 0 Å². The van der Waals surface area contributed by atoms with Crippen molar-refractivity contribution in [2.75, 3.05) is 42.9 Å². The molecule has 0 bridgehead atoms. The van der Waals surface area contributed by atoms with Crippen molar-refractivity contribution >= 4 is 34.7 Å². The number of halogens is 3. The number of nitrogens with zero attached hydrogens (tertiary/aromatic N) is 6. The SMILES string of the molecule is CCCN1CCC(c2nnc(-c3cc4c(nn3)NCCN4Cc3c(Cl)ccc(F)c3Cl)[nH]2)CC1. The molecule has 0 spiro atoms. The van der Waals surface area contributed by atoms with E-state index in [4.69, 9.17) is 23.2 Å². The van der Waals surface area contributed by atoms with Crippen molar-refractivity contribution in [2.45, 2.75) is 38.6 Å². The van der Waals surface area contributed by atoms with Gasteiger partial charge in [0.2, 0.25) is 0 Å². The number of anilines is 2. The third-order valence-electron chi connectivity index (χ3n) is 6.54. The second kappa shape index (κ2) is 10.0. The minimum Gasteiger partial charge on any atom is -0.365 e. The maximum Gasteiger partial charge on any atom is 0.181 e. The molecule has 34 heavy (non-hydrogen) atoms. The van der Waals surface area contributed by atoms with Gasteiger partial charge in [-0.25, -0.2) is 4.39 Å². The second-order valence-corrected chi connectivity index (χ2v) is 9.59. The monoisotopic (exact) mass is 504 g/mol. The van der Waals surface area contributed by atoms with Crippen LogP contribution in [0.25, 0.3) is 11.5 Å². The Bertz CT molecular complexity index is 1160. The molecule has 0 atom stereocenters. The third-order valence-corrected chi connectivity index (χ3v) is 7.30. The predicted octanol–water partition coefficient (Wildman–Crippen LogP) is 4.73. The highest BCUT2D eigenvalue weighted by molar-refractivity contribution is 6.36. The largest absolute Gasteiger partial charge is 0.365 e. The number of piperidine rings is 1. The minimum absolute atomic E-state index is 0.0414. The lowest BCUT2D eigenvalue weighted by Crippen LogP contribution is -2.34. The molecule has 2 aromatic heterocycles. The molecular formula is C23H27Cl2FN8. The molecule has 2 N–H and O–H groups in total. The van der Waals surface area contributed by atoms with Crippen molar-refractivity contribution in [1.82, 2.24) is 30.3 Å². The molecular weight excluding hydrogens is 478 g/mol. The van der Waals surface area contributed by atoms with Gasteiger partial charge in [0.15, 0.2) is 11.6 Å². The zero-order valence-corrected chi connectivity index (χ0v) is 20.5. The Balaban J connectivity index is 1.37. The molecule has 4 heterocycles. The lowest BCUT2D eigenvalue weighted by molar-refractivity contribution is 0.210. The smallest absolute Gasteiger partial charge is 0.181 e. The van der Waals surface area contributed by atoms with Gasteiger partial charge in [-0.1, -0.05) is 30.1 Å². The van der Waals surface area contributed by atoms with E-state index < -0.39 is 5.82 Å². The van der Waals surface area contributed by atoms with E-state index in [1.165, 1.54) is 18.6 Å². The van der Waals surface area contributed by atoms with Gasteiger partial charge in [0.25, 0.3) is 0 Å². The van der Waals surface area contributed by atoms with E-state index in [9.17, 15) is 4.39 Å². The number of rotatable bonds is 6. The molecule has 1 saturated heterocycles. The Kier molecular flexibility index (Phi) is 6.85. The van der Waals surface area contributed by atoms with Crippen LogP contribution in [0, 0.1) is 5.82 Å². The van der Waals surface area contributed by atoms with Crippen molar-refractivity contribution in [1.29, 1.82) is 0 Å². The number of nitrogens with one attached hydrogen (secondary N) is 2. The Morgan fingerprint density at radius 3 is 2.71 bits per heavy atom. The highest BCUT2D eigenvalue weighted by Crippen LogP contribution is 2.35. The van der Waals surface area contributed by atoms with Crippen LogP contribution in [0.1, 0.15) is 43.5 Å².